The molecule has 2 aromatic carbocycles. The molecule has 0 atom stereocenters. The van der Waals surface area contributed by atoms with Crippen LogP contribution in [0.4, 0.5) is 31.9 Å². The van der Waals surface area contributed by atoms with E-state index in [1.54, 1.807) is 26.1 Å². The van der Waals surface area contributed by atoms with Crippen LogP contribution in [-0.2, 0) is 6.54 Å². The number of nitrogens with one attached hydrogen (secondary N) is 1. The maximum atomic E-state index is 14.5. The Bertz CT molecular complexity index is 1020. The number of hydrogen-bond donors (Lipinski definition) is 3. The van der Waals surface area contributed by atoms with E-state index in [0.717, 1.165) is 11.3 Å². The molecule has 0 fully saturated rings. The maximum absolute atomic E-state index is 14.5. The largest absolute Gasteiger partial charge is 0.497 e. The van der Waals surface area contributed by atoms with Crippen LogP contribution < -0.4 is 26.4 Å². The lowest BCUT2D eigenvalue weighted by molar-refractivity contribution is 0.414. The highest BCUT2D eigenvalue weighted by Gasteiger charge is 2.20. The number of rotatable bonds is 6. The molecule has 0 aliphatic rings. The fourth-order valence-corrected chi connectivity index (χ4v) is 2.77. The number of nitrogen functional groups attached to an aromatic ring is 2. The van der Waals surface area contributed by atoms with Crippen molar-refractivity contribution in [3.05, 3.63) is 53.7 Å². The van der Waals surface area contributed by atoms with E-state index in [0.29, 0.717) is 23.9 Å². The lowest BCUT2D eigenvalue weighted by Gasteiger charge is -2.18. The van der Waals surface area contributed by atoms with Gasteiger partial charge < -0.3 is 26.4 Å². The van der Waals surface area contributed by atoms with Gasteiger partial charge in [0.05, 0.1) is 18.5 Å². The number of methoxy groups -OCH3 is 1. The third-order valence-electron chi connectivity index (χ3n) is 4.37. The van der Waals surface area contributed by atoms with Crippen molar-refractivity contribution < 1.29 is 13.5 Å². The standard InChI is InChI=1S/C20H22F2N6O/c1-28(2)19-14(13-8-15(23)18(24)17(22)16(13)21)10-26-20(27-19)25-9-11-4-6-12(29-3)7-5-11/h4-8,10H,9,23-24H2,1-3H3,(H,25,26,27). The first-order valence-corrected chi connectivity index (χ1v) is 8.76. The molecule has 7 nitrogen and oxygen atoms in total. The second-order valence-electron chi connectivity index (χ2n) is 6.58. The molecular formula is C20H22F2N6O. The van der Waals surface area contributed by atoms with E-state index >= 15 is 0 Å². The Labute approximate surface area is 167 Å². The van der Waals surface area contributed by atoms with E-state index in [9.17, 15) is 8.78 Å². The van der Waals surface area contributed by atoms with Gasteiger partial charge in [-0.1, -0.05) is 12.1 Å². The first kappa shape index (κ1) is 20.1. The lowest BCUT2D eigenvalue weighted by Crippen LogP contribution is -2.15. The van der Waals surface area contributed by atoms with Crippen molar-refractivity contribution in [1.29, 1.82) is 0 Å². The number of anilines is 4. The van der Waals surface area contributed by atoms with Gasteiger partial charge in [0.2, 0.25) is 5.95 Å². The van der Waals surface area contributed by atoms with Gasteiger partial charge in [-0.15, -0.1) is 0 Å². The summed E-state index contributed by atoms with van der Waals surface area (Å²) in [7, 11) is 5.09. The SMILES string of the molecule is COc1ccc(CNc2ncc(-c3cc(N)c(N)c(F)c3F)c(N(C)C)n2)cc1. The number of hydrogen-bond acceptors (Lipinski definition) is 7. The quantitative estimate of drug-likeness (QED) is 0.546. The molecule has 0 unspecified atom stereocenters. The summed E-state index contributed by atoms with van der Waals surface area (Å²) in [5, 5.41) is 3.12. The van der Waals surface area contributed by atoms with Crippen molar-refractivity contribution in [3.63, 3.8) is 0 Å². The highest BCUT2D eigenvalue weighted by atomic mass is 19.2. The summed E-state index contributed by atoms with van der Waals surface area (Å²) >= 11 is 0. The molecule has 0 aliphatic heterocycles. The van der Waals surface area contributed by atoms with Gasteiger partial charge >= 0.3 is 0 Å². The van der Waals surface area contributed by atoms with Crippen LogP contribution in [0, 0.1) is 11.6 Å². The van der Waals surface area contributed by atoms with Crippen molar-refractivity contribution in [1.82, 2.24) is 9.97 Å². The third-order valence-corrected chi connectivity index (χ3v) is 4.37. The number of nitrogens with zero attached hydrogens (tertiary/aromatic N) is 3. The summed E-state index contributed by atoms with van der Waals surface area (Å²) < 4.78 is 33.7. The molecule has 1 heterocycles. The Morgan fingerprint density at radius 1 is 1.07 bits per heavy atom. The predicted molar refractivity (Wildman–Crippen MR) is 111 cm³/mol. The summed E-state index contributed by atoms with van der Waals surface area (Å²) in [6.45, 7) is 0.480. The first-order valence-electron chi connectivity index (χ1n) is 8.76. The fraction of sp³-hybridized carbons (Fsp3) is 0.200. The van der Waals surface area contributed by atoms with Gasteiger partial charge in [0.1, 0.15) is 11.6 Å². The van der Waals surface area contributed by atoms with Crippen molar-refractivity contribution in [3.8, 4) is 16.9 Å². The summed E-state index contributed by atoms with van der Waals surface area (Å²) in [5.41, 5.74) is 12.0. The molecule has 3 rings (SSSR count). The molecule has 0 spiro atoms. The fourth-order valence-electron chi connectivity index (χ4n) is 2.77. The van der Waals surface area contributed by atoms with Crippen LogP contribution in [0.25, 0.3) is 11.1 Å². The zero-order valence-electron chi connectivity index (χ0n) is 16.3. The number of aromatic nitrogens is 2. The van der Waals surface area contributed by atoms with Crippen molar-refractivity contribution in [2.45, 2.75) is 6.54 Å². The molecule has 0 saturated carbocycles. The molecule has 29 heavy (non-hydrogen) atoms. The summed E-state index contributed by atoms with van der Waals surface area (Å²) in [5.74, 6) is -0.771. The molecule has 0 amide bonds. The maximum Gasteiger partial charge on any atom is 0.224 e. The van der Waals surface area contributed by atoms with Crippen LogP contribution >= 0.6 is 0 Å². The van der Waals surface area contributed by atoms with Crippen molar-refractivity contribution in [2.75, 3.05) is 42.9 Å². The Balaban J connectivity index is 1.91. The zero-order valence-corrected chi connectivity index (χ0v) is 16.3. The zero-order chi connectivity index (χ0) is 21.1. The van der Waals surface area contributed by atoms with Gasteiger partial charge in [0, 0.05) is 38.0 Å². The van der Waals surface area contributed by atoms with Crippen molar-refractivity contribution in [2.24, 2.45) is 0 Å². The Kier molecular flexibility index (Phi) is 5.67. The summed E-state index contributed by atoms with van der Waals surface area (Å²) in [4.78, 5) is 10.4. The average molecular weight is 400 g/mol. The van der Waals surface area contributed by atoms with Gasteiger partial charge in [-0.25, -0.2) is 13.8 Å². The van der Waals surface area contributed by atoms with E-state index in [2.05, 4.69) is 15.3 Å². The smallest absolute Gasteiger partial charge is 0.224 e. The van der Waals surface area contributed by atoms with E-state index in [4.69, 9.17) is 16.2 Å². The third kappa shape index (κ3) is 4.13. The normalized spacial score (nSPS) is 10.7. The minimum atomic E-state index is -1.19. The van der Waals surface area contributed by atoms with Crippen LogP contribution in [0.3, 0.4) is 0 Å². The molecule has 0 aliphatic carbocycles. The summed E-state index contributed by atoms with van der Waals surface area (Å²) in [6, 6.07) is 8.83. The summed E-state index contributed by atoms with van der Waals surface area (Å²) in [6.07, 6.45) is 1.42. The number of halogens is 2. The van der Waals surface area contributed by atoms with Gasteiger partial charge in [0.25, 0.3) is 0 Å². The van der Waals surface area contributed by atoms with Gasteiger partial charge in [-0.3, -0.25) is 0 Å². The number of benzene rings is 2. The molecule has 152 valence electrons. The van der Waals surface area contributed by atoms with Gasteiger partial charge in [0.15, 0.2) is 11.6 Å². The van der Waals surface area contributed by atoms with Gasteiger partial charge in [-0.05, 0) is 23.8 Å². The predicted octanol–water partition coefficient (Wildman–Crippen LogP) is 3.27. The molecule has 1 aromatic heterocycles. The van der Waals surface area contributed by atoms with E-state index in [-0.39, 0.29) is 11.3 Å². The van der Waals surface area contributed by atoms with Crippen LogP contribution in [0.2, 0.25) is 0 Å². The Morgan fingerprint density at radius 3 is 2.38 bits per heavy atom. The number of nitrogens with two attached hydrogens (primary N) is 2. The highest BCUT2D eigenvalue weighted by Crippen LogP contribution is 2.35. The molecule has 0 bridgehead atoms. The van der Waals surface area contributed by atoms with Crippen LogP contribution in [0.15, 0.2) is 36.5 Å². The Hall–Kier alpha value is -3.62. The van der Waals surface area contributed by atoms with Crippen LogP contribution in [0.5, 0.6) is 5.75 Å². The molecule has 5 N–H and O–H groups in total. The molecule has 0 saturated heterocycles. The van der Waals surface area contributed by atoms with Crippen LogP contribution in [0.1, 0.15) is 5.56 Å². The first-order chi connectivity index (χ1) is 13.8. The average Bonchev–Trinajstić information content (AvgIpc) is 2.73. The van der Waals surface area contributed by atoms with Crippen molar-refractivity contribution >= 4 is 23.1 Å². The van der Waals surface area contributed by atoms with E-state index in [1.807, 2.05) is 24.3 Å². The second kappa shape index (κ2) is 8.17. The second-order valence-corrected chi connectivity index (χ2v) is 6.58. The van der Waals surface area contributed by atoms with E-state index in [1.165, 1.54) is 12.3 Å². The lowest BCUT2D eigenvalue weighted by atomic mass is 10.0. The Morgan fingerprint density at radius 2 is 1.76 bits per heavy atom. The monoisotopic (exact) mass is 400 g/mol. The molecule has 0 radical (unpaired) electrons. The van der Waals surface area contributed by atoms with Gasteiger partial charge in [-0.2, -0.15) is 4.98 Å². The number of ether oxygens (including phenoxy) is 1. The van der Waals surface area contributed by atoms with Crippen LogP contribution in [-0.4, -0.2) is 31.2 Å². The molecule has 3 aromatic rings. The highest BCUT2D eigenvalue weighted by molar-refractivity contribution is 5.81. The minimum absolute atomic E-state index is 0.0506. The molecule has 9 heteroatoms. The molecular weight excluding hydrogens is 378 g/mol. The van der Waals surface area contributed by atoms with E-state index < -0.39 is 17.3 Å². The topological polar surface area (TPSA) is 102 Å². The minimum Gasteiger partial charge on any atom is -0.497 e.